The molecule has 0 aromatic carbocycles. The Hall–Kier alpha value is -0.630. The number of carbonyl (C=O) groups is 1. The summed E-state index contributed by atoms with van der Waals surface area (Å²) in [4.78, 5) is 10.7. The van der Waals surface area contributed by atoms with Gasteiger partial charge in [-0.15, -0.1) is 0 Å². The molecule has 2 nitrogen and oxygen atoms in total. The molecule has 0 saturated heterocycles. The van der Waals surface area contributed by atoms with Crippen molar-refractivity contribution in [1.82, 2.24) is 0 Å². The molecule has 0 spiro atoms. The molecule has 0 N–H and O–H groups in total. The van der Waals surface area contributed by atoms with Crippen molar-refractivity contribution in [3.8, 4) is 0 Å². The van der Waals surface area contributed by atoms with Gasteiger partial charge in [0.15, 0.2) is 5.78 Å². The SMILES string of the molecule is CC1C=CC(=O)[C@H](C)O1. The zero-order valence-electron chi connectivity index (χ0n) is 5.63. The molecule has 1 aliphatic rings. The van der Waals surface area contributed by atoms with Gasteiger partial charge in [0.1, 0.15) is 6.10 Å². The van der Waals surface area contributed by atoms with Crippen LogP contribution in [0.15, 0.2) is 12.2 Å². The van der Waals surface area contributed by atoms with Crippen LogP contribution in [0.2, 0.25) is 0 Å². The number of ketones is 1. The summed E-state index contributed by atoms with van der Waals surface area (Å²) in [6.07, 6.45) is 3.20. The summed E-state index contributed by atoms with van der Waals surface area (Å²) in [5.74, 6) is 0.0631. The fourth-order valence-corrected chi connectivity index (χ4v) is 0.800. The highest BCUT2D eigenvalue weighted by Gasteiger charge is 2.16. The third-order valence-corrected chi connectivity index (χ3v) is 1.35. The summed E-state index contributed by atoms with van der Waals surface area (Å²) in [5.41, 5.74) is 0. The summed E-state index contributed by atoms with van der Waals surface area (Å²) < 4.78 is 5.16. The summed E-state index contributed by atoms with van der Waals surface area (Å²) in [7, 11) is 0. The molecule has 2 heteroatoms. The highest BCUT2D eigenvalue weighted by molar-refractivity contribution is 5.93. The zero-order chi connectivity index (χ0) is 6.85. The Kier molecular flexibility index (Phi) is 1.67. The van der Waals surface area contributed by atoms with Gasteiger partial charge in [0.25, 0.3) is 0 Å². The number of hydrogen-bond donors (Lipinski definition) is 0. The molecular weight excluding hydrogens is 116 g/mol. The van der Waals surface area contributed by atoms with Gasteiger partial charge in [-0.3, -0.25) is 4.79 Å². The van der Waals surface area contributed by atoms with E-state index in [1.165, 1.54) is 0 Å². The highest BCUT2D eigenvalue weighted by Crippen LogP contribution is 2.07. The maximum absolute atomic E-state index is 10.7. The molecule has 0 amide bonds. The average Bonchev–Trinajstić information content (AvgIpc) is 1.80. The first-order chi connectivity index (χ1) is 4.20. The van der Waals surface area contributed by atoms with Crippen molar-refractivity contribution < 1.29 is 9.53 Å². The first-order valence-electron chi connectivity index (χ1n) is 3.07. The molecule has 50 valence electrons. The third-order valence-electron chi connectivity index (χ3n) is 1.35. The lowest BCUT2D eigenvalue weighted by atomic mass is 10.1. The molecule has 0 aromatic rings. The monoisotopic (exact) mass is 126 g/mol. The quantitative estimate of drug-likeness (QED) is 0.482. The van der Waals surface area contributed by atoms with E-state index < -0.39 is 0 Å². The molecule has 1 aliphatic heterocycles. The van der Waals surface area contributed by atoms with Crippen LogP contribution in [0.1, 0.15) is 13.8 Å². The molecule has 1 unspecified atom stereocenters. The van der Waals surface area contributed by atoms with Crippen LogP contribution in [0.3, 0.4) is 0 Å². The Labute approximate surface area is 54.5 Å². The van der Waals surface area contributed by atoms with Crippen molar-refractivity contribution in [1.29, 1.82) is 0 Å². The van der Waals surface area contributed by atoms with E-state index in [0.717, 1.165) is 0 Å². The van der Waals surface area contributed by atoms with Crippen LogP contribution in [0.4, 0.5) is 0 Å². The van der Waals surface area contributed by atoms with Crippen LogP contribution in [-0.2, 0) is 9.53 Å². The van der Waals surface area contributed by atoms with Crippen molar-refractivity contribution in [3.05, 3.63) is 12.2 Å². The van der Waals surface area contributed by atoms with Crippen molar-refractivity contribution >= 4 is 5.78 Å². The molecule has 0 aromatic heterocycles. The Bertz CT molecular complexity index is 149. The lowest BCUT2D eigenvalue weighted by Crippen LogP contribution is -2.27. The summed E-state index contributed by atoms with van der Waals surface area (Å²) >= 11 is 0. The van der Waals surface area contributed by atoms with E-state index in [1.807, 2.05) is 6.92 Å². The molecule has 1 rings (SSSR count). The Morgan fingerprint density at radius 2 is 2.22 bits per heavy atom. The van der Waals surface area contributed by atoms with Gasteiger partial charge in [0, 0.05) is 0 Å². The number of carbonyl (C=O) groups excluding carboxylic acids is 1. The van der Waals surface area contributed by atoms with Gasteiger partial charge in [0.05, 0.1) is 6.10 Å². The van der Waals surface area contributed by atoms with E-state index in [1.54, 1.807) is 19.1 Å². The predicted octanol–water partition coefficient (Wildman–Crippen LogP) is 0.919. The van der Waals surface area contributed by atoms with Gasteiger partial charge in [-0.1, -0.05) is 6.08 Å². The molecular formula is C7H10O2. The second kappa shape index (κ2) is 2.31. The molecule has 0 saturated carbocycles. The first-order valence-corrected chi connectivity index (χ1v) is 3.07. The van der Waals surface area contributed by atoms with Gasteiger partial charge >= 0.3 is 0 Å². The van der Waals surface area contributed by atoms with Crippen LogP contribution >= 0.6 is 0 Å². The molecule has 0 radical (unpaired) electrons. The zero-order valence-corrected chi connectivity index (χ0v) is 5.63. The van der Waals surface area contributed by atoms with Crippen molar-refractivity contribution in [3.63, 3.8) is 0 Å². The van der Waals surface area contributed by atoms with Gasteiger partial charge in [-0.25, -0.2) is 0 Å². The molecule has 0 bridgehead atoms. The highest BCUT2D eigenvalue weighted by atomic mass is 16.5. The van der Waals surface area contributed by atoms with Crippen LogP contribution in [0.25, 0.3) is 0 Å². The minimum Gasteiger partial charge on any atom is -0.363 e. The molecule has 0 fully saturated rings. The van der Waals surface area contributed by atoms with Crippen molar-refractivity contribution in [2.24, 2.45) is 0 Å². The minimum absolute atomic E-state index is 0.0631. The van der Waals surface area contributed by atoms with Crippen LogP contribution < -0.4 is 0 Å². The summed E-state index contributed by atoms with van der Waals surface area (Å²) in [6.45, 7) is 3.68. The van der Waals surface area contributed by atoms with Crippen molar-refractivity contribution in [2.45, 2.75) is 26.1 Å². The van der Waals surface area contributed by atoms with E-state index in [2.05, 4.69) is 0 Å². The number of rotatable bonds is 0. The Morgan fingerprint density at radius 3 is 2.67 bits per heavy atom. The maximum Gasteiger partial charge on any atom is 0.183 e. The minimum atomic E-state index is -0.245. The molecule has 9 heavy (non-hydrogen) atoms. The molecule has 1 heterocycles. The van der Waals surface area contributed by atoms with E-state index in [9.17, 15) is 4.79 Å². The maximum atomic E-state index is 10.7. The Balaban J connectivity index is 2.65. The lowest BCUT2D eigenvalue weighted by molar-refractivity contribution is -0.127. The third kappa shape index (κ3) is 1.39. The van der Waals surface area contributed by atoms with Gasteiger partial charge < -0.3 is 4.74 Å². The second-order valence-corrected chi connectivity index (χ2v) is 2.24. The predicted molar refractivity (Wildman–Crippen MR) is 34.2 cm³/mol. The van der Waals surface area contributed by atoms with Gasteiger partial charge in [0.2, 0.25) is 0 Å². The van der Waals surface area contributed by atoms with E-state index in [4.69, 9.17) is 4.74 Å². The van der Waals surface area contributed by atoms with Gasteiger partial charge in [-0.2, -0.15) is 0 Å². The molecule has 2 atom stereocenters. The van der Waals surface area contributed by atoms with Crippen molar-refractivity contribution in [2.75, 3.05) is 0 Å². The second-order valence-electron chi connectivity index (χ2n) is 2.24. The van der Waals surface area contributed by atoms with E-state index in [-0.39, 0.29) is 18.0 Å². The molecule has 0 aliphatic carbocycles. The van der Waals surface area contributed by atoms with Crippen LogP contribution in [0, 0.1) is 0 Å². The normalized spacial score (nSPS) is 35.1. The number of hydrogen-bond acceptors (Lipinski definition) is 2. The number of ether oxygens (including phenoxy) is 1. The average molecular weight is 126 g/mol. The summed E-state index contributed by atoms with van der Waals surface area (Å²) in [6, 6.07) is 0. The van der Waals surface area contributed by atoms with Crippen LogP contribution in [-0.4, -0.2) is 18.0 Å². The topological polar surface area (TPSA) is 26.3 Å². The largest absolute Gasteiger partial charge is 0.363 e. The first kappa shape index (κ1) is 6.49. The van der Waals surface area contributed by atoms with E-state index in [0.29, 0.717) is 0 Å². The lowest BCUT2D eigenvalue weighted by Gasteiger charge is -2.17. The van der Waals surface area contributed by atoms with Crippen LogP contribution in [0.5, 0.6) is 0 Å². The standard InChI is InChI=1S/C7H10O2/c1-5-3-4-7(8)6(2)9-5/h3-6H,1-2H3/t5?,6-/m0/s1. The van der Waals surface area contributed by atoms with Gasteiger partial charge in [-0.05, 0) is 19.9 Å². The van der Waals surface area contributed by atoms with E-state index >= 15 is 0 Å². The fourth-order valence-electron chi connectivity index (χ4n) is 0.800. The Morgan fingerprint density at radius 1 is 1.56 bits per heavy atom. The smallest absolute Gasteiger partial charge is 0.183 e. The fraction of sp³-hybridized carbons (Fsp3) is 0.571. The summed E-state index contributed by atoms with van der Waals surface area (Å²) in [5, 5.41) is 0.